The molecule has 0 amide bonds. The van der Waals surface area contributed by atoms with Crippen LogP contribution in [0.1, 0.15) is 0 Å². The molecule has 0 aliphatic heterocycles. The Bertz CT molecular complexity index is 710. The summed E-state index contributed by atoms with van der Waals surface area (Å²) in [5, 5.41) is 1.35. The molecular weight excluding hydrogens is 288 g/mol. The van der Waals surface area contributed by atoms with Crippen LogP contribution in [-0.2, 0) is 0 Å². The molecule has 0 fully saturated rings. The van der Waals surface area contributed by atoms with E-state index in [9.17, 15) is 0 Å². The van der Waals surface area contributed by atoms with Crippen molar-refractivity contribution in [3.63, 3.8) is 0 Å². The SMILES string of the molecule is C[Si](C)(C)c1cc(-c2ncccn2)cc(-c2ncccn2)c1. The molecule has 0 atom stereocenters. The Morgan fingerprint density at radius 2 is 1.05 bits per heavy atom. The molecule has 3 rings (SSSR count). The summed E-state index contributed by atoms with van der Waals surface area (Å²) in [5.74, 6) is 1.47. The molecule has 0 spiro atoms. The van der Waals surface area contributed by atoms with Crippen LogP contribution < -0.4 is 5.19 Å². The summed E-state index contributed by atoms with van der Waals surface area (Å²) in [4.78, 5) is 17.5. The summed E-state index contributed by atoms with van der Waals surface area (Å²) in [6.45, 7) is 6.98. The second-order valence-corrected chi connectivity index (χ2v) is 11.3. The fourth-order valence-corrected chi connectivity index (χ4v) is 3.39. The molecule has 22 heavy (non-hydrogen) atoms. The van der Waals surface area contributed by atoms with Crippen molar-refractivity contribution in [2.75, 3.05) is 0 Å². The first-order chi connectivity index (χ1) is 10.5. The molecule has 1 aromatic carbocycles. The minimum atomic E-state index is -1.47. The summed E-state index contributed by atoms with van der Waals surface area (Å²) < 4.78 is 0. The van der Waals surface area contributed by atoms with Crippen molar-refractivity contribution in [2.24, 2.45) is 0 Å². The van der Waals surface area contributed by atoms with Crippen LogP contribution in [0.2, 0.25) is 19.6 Å². The van der Waals surface area contributed by atoms with Crippen LogP contribution in [0.15, 0.2) is 55.1 Å². The molecule has 2 aromatic heterocycles. The van der Waals surface area contributed by atoms with Crippen LogP contribution in [0.25, 0.3) is 22.8 Å². The molecule has 5 heteroatoms. The summed E-state index contributed by atoms with van der Waals surface area (Å²) in [5.41, 5.74) is 2.03. The molecule has 110 valence electrons. The van der Waals surface area contributed by atoms with Gasteiger partial charge in [-0.25, -0.2) is 19.9 Å². The zero-order valence-electron chi connectivity index (χ0n) is 13.0. The maximum Gasteiger partial charge on any atom is 0.159 e. The van der Waals surface area contributed by atoms with Gasteiger partial charge >= 0.3 is 0 Å². The number of nitrogens with zero attached hydrogens (tertiary/aromatic N) is 4. The van der Waals surface area contributed by atoms with E-state index in [-0.39, 0.29) is 0 Å². The van der Waals surface area contributed by atoms with Crippen LogP contribution in [0.4, 0.5) is 0 Å². The lowest BCUT2D eigenvalue weighted by molar-refractivity contribution is 1.16. The third-order valence-corrected chi connectivity index (χ3v) is 5.47. The van der Waals surface area contributed by atoms with Gasteiger partial charge in [0.1, 0.15) is 0 Å². The van der Waals surface area contributed by atoms with Gasteiger partial charge in [0.15, 0.2) is 11.6 Å². The molecule has 0 aliphatic carbocycles. The molecule has 0 aliphatic rings. The van der Waals surface area contributed by atoms with Gasteiger partial charge in [-0.1, -0.05) is 37.0 Å². The minimum absolute atomic E-state index is 0.736. The Balaban J connectivity index is 2.19. The Kier molecular flexibility index (Phi) is 3.81. The molecule has 0 radical (unpaired) electrons. The molecule has 0 bridgehead atoms. The maximum atomic E-state index is 4.37. The summed E-state index contributed by atoms with van der Waals surface area (Å²) >= 11 is 0. The predicted molar refractivity (Wildman–Crippen MR) is 91.5 cm³/mol. The zero-order chi connectivity index (χ0) is 15.6. The second-order valence-electron chi connectivity index (χ2n) is 6.19. The lowest BCUT2D eigenvalue weighted by Gasteiger charge is -2.19. The van der Waals surface area contributed by atoms with Crippen molar-refractivity contribution >= 4 is 13.3 Å². The van der Waals surface area contributed by atoms with Crippen LogP contribution >= 0.6 is 0 Å². The van der Waals surface area contributed by atoms with E-state index in [0.717, 1.165) is 22.8 Å². The second kappa shape index (κ2) is 5.77. The summed E-state index contributed by atoms with van der Waals surface area (Å²) in [7, 11) is -1.47. The average molecular weight is 306 g/mol. The molecule has 0 N–H and O–H groups in total. The lowest BCUT2D eigenvalue weighted by atomic mass is 10.1. The highest BCUT2D eigenvalue weighted by Gasteiger charge is 2.19. The van der Waals surface area contributed by atoms with Gasteiger partial charge in [-0.2, -0.15) is 0 Å². The van der Waals surface area contributed by atoms with Crippen LogP contribution in [-0.4, -0.2) is 28.0 Å². The highest BCUT2D eigenvalue weighted by Crippen LogP contribution is 2.22. The molecule has 4 nitrogen and oxygen atoms in total. The van der Waals surface area contributed by atoms with Crippen molar-refractivity contribution in [3.05, 3.63) is 55.1 Å². The van der Waals surface area contributed by atoms with Gasteiger partial charge in [0.2, 0.25) is 0 Å². The quantitative estimate of drug-likeness (QED) is 0.698. The van der Waals surface area contributed by atoms with E-state index in [0.29, 0.717) is 0 Å². The summed E-state index contributed by atoms with van der Waals surface area (Å²) in [6.07, 6.45) is 7.06. The van der Waals surface area contributed by atoms with E-state index in [4.69, 9.17) is 0 Å². The fourth-order valence-electron chi connectivity index (χ4n) is 2.22. The van der Waals surface area contributed by atoms with E-state index in [1.165, 1.54) is 5.19 Å². The smallest absolute Gasteiger partial charge is 0.159 e. The van der Waals surface area contributed by atoms with Gasteiger partial charge in [-0.05, 0) is 18.2 Å². The standard InChI is InChI=1S/C17H18N4Si/c1-22(2,3)15-11-13(16-18-6-4-7-19-16)10-14(12-15)17-20-8-5-9-21-17/h4-12H,1-3H3. The number of hydrogen-bond acceptors (Lipinski definition) is 4. The topological polar surface area (TPSA) is 51.6 Å². The number of hydrogen-bond donors (Lipinski definition) is 0. The van der Waals surface area contributed by atoms with Crippen molar-refractivity contribution < 1.29 is 0 Å². The van der Waals surface area contributed by atoms with E-state index in [1.54, 1.807) is 24.8 Å². The first-order valence-corrected chi connectivity index (χ1v) is 10.7. The van der Waals surface area contributed by atoms with E-state index >= 15 is 0 Å². The fraction of sp³-hybridized carbons (Fsp3) is 0.176. The first-order valence-electron chi connectivity index (χ1n) is 7.24. The van der Waals surface area contributed by atoms with Crippen molar-refractivity contribution in [1.82, 2.24) is 19.9 Å². The molecule has 0 unspecified atom stereocenters. The van der Waals surface area contributed by atoms with Gasteiger partial charge in [0, 0.05) is 35.9 Å². The summed E-state index contributed by atoms with van der Waals surface area (Å²) in [6, 6.07) is 10.1. The first kappa shape index (κ1) is 14.5. The molecule has 2 heterocycles. The van der Waals surface area contributed by atoms with E-state index in [1.807, 2.05) is 12.1 Å². The number of aromatic nitrogens is 4. The Morgan fingerprint density at radius 3 is 1.41 bits per heavy atom. The van der Waals surface area contributed by atoms with Crippen LogP contribution in [0.5, 0.6) is 0 Å². The number of rotatable bonds is 3. The van der Waals surface area contributed by atoms with Gasteiger partial charge in [-0.15, -0.1) is 0 Å². The van der Waals surface area contributed by atoms with Crippen molar-refractivity contribution in [3.8, 4) is 22.8 Å². The van der Waals surface area contributed by atoms with E-state index in [2.05, 4.69) is 57.8 Å². The third kappa shape index (κ3) is 3.09. The molecule has 0 saturated carbocycles. The predicted octanol–water partition coefficient (Wildman–Crippen LogP) is 3.15. The van der Waals surface area contributed by atoms with Crippen molar-refractivity contribution in [2.45, 2.75) is 19.6 Å². The molecular formula is C17H18N4Si. The Labute approximate surface area is 131 Å². The largest absolute Gasteiger partial charge is 0.237 e. The normalized spacial score (nSPS) is 11.4. The van der Waals surface area contributed by atoms with Crippen LogP contribution in [0.3, 0.4) is 0 Å². The zero-order valence-corrected chi connectivity index (χ0v) is 14.0. The van der Waals surface area contributed by atoms with E-state index < -0.39 is 8.07 Å². The Morgan fingerprint density at radius 1 is 0.636 bits per heavy atom. The van der Waals surface area contributed by atoms with Gasteiger partial charge < -0.3 is 0 Å². The molecule has 3 aromatic rings. The van der Waals surface area contributed by atoms with Crippen molar-refractivity contribution in [1.29, 1.82) is 0 Å². The highest BCUT2D eigenvalue weighted by atomic mass is 28.3. The van der Waals surface area contributed by atoms with Gasteiger partial charge in [0.05, 0.1) is 8.07 Å². The van der Waals surface area contributed by atoms with Crippen LogP contribution in [0, 0.1) is 0 Å². The highest BCUT2D eigenvalue weighted by molar-refractivity contribution is 6.88. The van der Waals surface area contributed by atoms with Gasteiger partial charge in [-0.3, -0.25) is 0 Å². The lowest BCUT2D eigenvalue weighted by Crippen LogP contribution is -2.37. The van der Waals surface area contributed by atoms with Gasteiger partial charge in [0.25, 0.3) is 0 Å². The molecule has 0 saturated heterocycles. The monoisotopic (exact) mass is 306 g/mol. The average Bonchev–Trinajstić information content (AvgIpc) is 2.55. The third-order valence-electron chi connectivity index (χ3n) is 3.45. The Hall–Kier alpha value is -2.40. The minimum Gasteiger partial charge on any atom is -0.237 e. The number of benzene rings is 1. The maximum absolute atomic E-state index is 4.37.